The summed E-state index contributed by atoms with van der Waals surface area (Å²) in [5, 5.41) is 10.4. The van der Waals surface area contributed by atoms with Crippen molar-refractivity contribution in [3.63, 3.8) is 0 Å². The molecule has 1 fully saturated rings. The van der Waals surface area contributed by atoms with Gasteiger partial charge in [-0.25, -0.2) is 13.1 Å². The van der Waals surface area contributed by atoms with E-state index in [2.05, 4.69) is 4.72 Å². The molecule has 1 heterocycles. The van der Waals surface area contributed by atoms with E-state index in [9.17, 15) is 13.5 Å². The van der Waals surface area contributed by atoms with Gasteiger partial charge in [0.15, 0.2) is 0 Å². The molecule has 2 rings (SSSR count). The molecule has 106 valence electrons. The highest BCUT2D eigenvalue weighted by Gasteiger charge is 2.34. The molecule has 1 aliphatic heterocycles. The minimum absolute atomic E-state index is 0.0682. The number of ether oxygens (including phenoxy) is 1. The summed E-state index contributed by atoms with van der Waals surface area (Å²) < 4.78 is 31.8. The van der Waals surface area contributed by atoms with Gasteiger partial charge in [-0.05, 0) is 24.6 Å². The van der Waals surface area contributed by atoms with Crippen LogP contribution in [0.15, 0.2) is 23.1 Å². The second-order valence-electron chi connectivity index (χ2n) is 4.71. The molecular formula is C12H16ClNO4S. The number of sulfonamides is 1. The van der Waals surface area contributed by atoms with Crippen molar-refractivity contribution in [1.82, 2.24) is 4.72 Å². The second kappa shape index (κ2) is 5.38. The molecule has 1 aliphatic rings. The van der Waals surface area contributed by atoms with Crippen LogP contribution in [-0.2, 0) is 14.8 Å². The summed E-state index contributed by atoms with van der Waals surface area (Å²) in [5.74, 6) is 0. The van der Waals surface area contributed by atoms with Gasteiger partial charge in [0, 0.05) is 24.6 Å². The van der Waals surface area contributed by atoms with Crippen molar-refractivity contribution in [3.8, 4) is 0 Å². The van der Waals surface area contributed by atoms with Crippen molar-refractivity contribution in [2.45, 2.75) is 23.8 Å². The van der Waals surface area contributed by atoms with Crippen LogP contribution < -0.4 is 4.72 Å². The minimum atomic E-state index is -3.69. The third-order valence-electron chi connectivity index (χ3n) is 3.18. The topological polar surface area (TPSA) is 75.6 Å². The SMILES string of the molecule is Cc1c(Cl)cccc1S(=O)(=O)NCC1(O)CCOC1. The van der Waals surface area contributed by atoms with Gasteiger partial charge in [0.2, 0.25) is 10.0 Å². The van der Waals surface area contributed by atoms with Crippen LogP contribution in [0, 0.1) is 6.92 Å². The average Bonchev–Trinajstić information content (AvgIpc) is 2.78. The fraction of sp³-hybridized carbons (Fsp3) is 0.500. The van der Waals surface area contributed by atoms with E-state index in [1.807, 2.05) is 0 Å². The fourth-order valence-corrected chi connectivity index (χ4v) is 3.54. The molecule has 0 amide bonds. The van der Waals surface area contributed by atoms with E-state index in [0.717, 1.165) is 0 Å². The number of halogens is 1. The molecule has 19 heavy (non-hydrogen) atoms. The summed E-state index contributed by atoms with van der Waals surface area (Å²) in [6.45, 7) is 2.16. The lowest BCUT2D eigenvalue weighted by atomic mass is 10.1. The van der Waals surface area contributed by atoms with E-state index in [1.54, 1.807) is 19.1 Å². The summed E-state index contributed by atoms with van der Waals surface area (Å²) in [7, 11) is -3.69. The van der Waals surface area contributed by atoms with Crippen LogP contribution >= 0.6 is 11.6 Å². The Labute approximate surface area is 117 Å². The second-order valence-corrected chi connectivity index (χ2v) is 6.86. The normalized spacial score (nSPS) is 23.7. The number of hydrogen-bond acceptors (Lipinski definition) is 4. The van der Waals surface area contributed by atoms with Crippen molar-refractivity contribution in [2.24, 2.45) is 0 Å². The summed E-state index contributed by atoms with van der Waals surface area (Å²) in [4.78, 5) is 0.127. The van der Waals surface area contributed by atoms with Crippen molar-refractivity contribution < 1.29 is 18.3 Å². The van der Waals surface area contributed by atoms with Crippen LogP contribution in [0.5, 0.6) is 0 Å². The molecule has 7 heteroatoms. The van der Waals surface area contributed by atoms with E-state index >= 15 is 0 Å². The van der Waals surface area contributed by atoms with Crippen molar-refractivity contribution >= 4 is 21.6 Å². The predicted octanol–water partition coefficient (Wildman–Crippen LogP) is 1.08. The first-order valence-corrected chi connectivity index (χ1v) is 7.75. The molecule has 1 atom stereocenters. The van der Waals surface area contributed by atoms with Crippen LogP contribution in [0.4, 0.5) is 0 Å². The lowest BCUT2D eigenvalue weighted by Gasteiger charge is -2.21. The van der Waals surface area contributed by atoms with Crippen LogP contribution in [-0.4, -0.2) is 38.9 Å². The average molecular weight is 306 g/mol. The molecule has 1 aromatic rings. The molecule has 0 spiro atoms. The summed E-state index contributed by atoms with van der Waals surface area (Å²) >= 11 is 5.91. The highest BCUT2D eigenvalue weighted by atomic mass is 35.5. The van der Waals surface area contributed by atoms with Gasteiger partial charge in [-0.3, -0.25) is 0 Å². The minimum Gasteiger partial charge on any atom is -0.386 e. The van der Waals surface area contributed by atoms with Crippen molar-refractivity contribution in [3.05, 3.63) is 28.8 Å². The van der Waals surface area contributed by atoms with Crippen molar-refractivity contribution in [1.29, 1.82) is 0 Å². The van der Waals surface area contributed by atoms with E-state index in [0.29, 0.717) is 23.6 Å². The Morgan fingerprint density at radius 1 is 1.53 bits per heavy atom. The number of nitrogens with one attached hydrogen (secondary N) is 1. The Hall–Kier alpha value is -0.660. The molecule has 0 radical (unpaired) electrons. The molecule has 5 nitrogen and oxygen atoms in total. The third-order valence-corrected chi connectivity index (χ3v) is 5.14. The van der Waals surface area contributed by atoms with Gasteiger partial charge in [-0.1, -0.05) is 17.7 Å². The highest BCUT2D eigenvalue weighted by Crippen LogP contribution is 2.23. The standard InChI is InChI=1S/C12H16ClNO4S/c1-9-10(13)3-2-4-11(9)19(16,17)14-7-12(15)5-6-18-8-12/h2-4,14-15H,5-8H2,1H3. The van der Waals surface area contributed by atoms with E-state index in [1.165, 1.54) is 6.07 Å². The Morgan fingerprint density at radius 2 is 2.26 bits per heavy atom. The zero-order valence-electron chi connectivity index (χ0n) is 10.5. The Balaban J connectivity index is 2.16. The van der Waals surface area contributed by atoms with Crippen LogP contribution in [0.3, 0.4) is 0 Å². The number of rotatable bonds is 4. The smallest absolute Gasteiger partial charge is 0.240 e. The zero-order valence-corrected chi connectivity index (χ0v) is 12.1. The predicted molar refractivity (Wildman–Crippen MR) is 71.8 cm³/mol. The first-order chi connectivity index (χ1) is 8.84. The lowest BCUT2D eigenvalue weighted by Crippen LogP contribution is -2.43. The Kier molecular flexibility index (Phi) is 4.17. The highest BCUT2D eigenvalue weighted by molar-refractivity contribution is 7.89. The van der Waals surface area contributed by atoms with Crippen LogP contribution in [0.1, 0.15) is 12.0 Å². The quantitative estimate of drug-likeness (QED) is 0.873. The fourth-order valence-electron chi connectivity index (χ4n) is 1.92. The first kappa shape index (κ1) is 14.7. The maximum Gasteiger partial charge on any atom is 0.240 e. The molecule has 0 bridgehead atoms. The summed E-state index contributed by atoms with van der Waals surface area (Å²) in [6.07, 6.45) is 0.421. The lowest BCUT2D eigenvalue weighted by molar-refractivity contribution is 0.0314. The molecule has 1 unspecified atom stereocenters. The van der Waals surface area contributed by atoms with E-state index in [-0.39, 0.29) is 18.0 Å². The molecule has 0 saturated carbocycles. The molecule has 1 aromatic carbocycles. The molecule has 0 aromatic heterocycles. The Morgan fingerprint density at radius 3 is 2.89 bits per heavy atom. The number of benzene rings is 1. The molecular weight excluding hydrogens is 290 g/mol. The number of aliphatic hydroxyl groups is 1. The van der Waals surface area contributed by atoms with Gasteiger partial charge in [0.05, 0.1) is 11.5 Å². The number of hydrogen-bond donors (Lipinski definition) is 2. The van der Waals surface area contributed by atoms with E-state index < -0.39 is 15.6 Å². The van der Waals surface area contributed by atoms with Crippen LogP contribution in [0.25, 0.3) is 0 Å². The van der Waals surface area contributed by atoms with Gasteiger partial charge in [-0.2, -0.15) is 0 Å². The maximum atomic E-state index is 12.2. The van der Waals surface area contributed by atoms with E-state index in [4.69, 9.17) is 16.3 Å². The third kappa shape index (κ3) is 3.27. The molecule has 0 aliphatic carbocycles. The summed E-state index contributed by atoms with van der Waals surface area (Å²) in [6, 6.07) is 4.70. The molecule has 2 N–H and O–H groups in total. The van der Waals surface area contributed by atoms with Gasteiger partial charge in [0.1, 0.15) is 5.60 Å². The van der Waals surface area contributed by atoms with Gasteiger partial charge in [0.25, 0.3) is 0 Å². The van der Waals surface area contributed by atoms with Crippen molar-refractivity contribution in [2.75, 3.05) is 19.8 Å². The first-order valence-electron chi connectivity index (χ1n) is 5.89. The monoisotopic (exact) mass is 305 g/mol. The van der Waals surface area contributed by atoms with Gasteiger partial charge >= 0.3 is 0 Å². The van der Waals surface area contributed by atoms with Gasteiger partial charge in [-0.15, -0.1) is 0 Å². The maximum absolute atomic E-state index is 12.2. The van der Waals surface area contributed by atoms with Gasteiger partial charge < -0.3 is 9.84 Å². The summed E-state index contributed by atoms with van der Waals surface area (Å²) in [5.41, 5.74) is -0.633. The largest absolute Gasteiger partial charge is 0.386 e. The zero-order chi connectivity index (χ0) is 14.1. The molecule has 1 saturated heterocycles. The Bertz CT molecular complexity index is 567. The van der Waals surface area contributed by atoms with Crippen LogP contribution in [0.2, 0.25) is 5.02 Å².